The lowest BCUT2D eigenvalue weighted by Gasteiger charge is -2.26. The van der Waals surface area contributed by atoms with Crippen LogP contribution in [0.4, 0.5) is 17.1 Å². The van der Waals surface area contributed by atoms with Gasteiger partial charge in [0.15, 0.2) is 0 Å². The summed E-state index contributed by atoms with van der Waals surface area (Å²) in [6, 6.07) is 58.2. The molecule has 0 atom stereocenters. The van der Waals surface area contributed by atoms with Gasteiger partial charge < -0.3 is 14.0 Å². The van der Waals surface area contributed by atoms with Crippen molar-refractivity contribution < 1.29 is 0 Å². The van der Waals surface area contributed by atoms with E-state index in [2.05, 4.69) is 193 Å². The van der Waals surface area contributed by atoms with Crippen LogP contribution in [0.1, 0.15) is 36.5 Å². The fourth-order valence-electron chi connectivity index (χ4n) is 7.91. The van der Waals surface area contributed by atoms with Gasteiger partial charge in [-0.05, 0) is 117 Å². The Morgan fingerprint density at radius 2 is 1.10 bits per heavy atom. The first kappa shape index (κ1) is 31.0. The van der Waals surface area contributed by atoms with E-state index in [0.717, 1.165) is 29.2 Å². The Morgan fingerprint density at radius 1 is 0.471 bits per heavy atom. The fourth-order valence-corrected chi connectivity index (χ4v) is 7.91. The normalized spacial score (nSPS) is 11.7. The molecule has 0 amide bonds. The maximum absolute atomic E-state index is 2.47. The molecule has 9 rings (SSSR count). The van der Waals surface area contributed by atoms with Crippen LogP contribution in [0.3, 0.4) is 0 Å². The van der Waals surface area contributed by atoms with E-state index in [0.29, 0.717) is 0 Å². The largest absolute Gasteiger partial charge is 0.311 e. The van der Waals surface area contributed by atoms with Gasteiger partial charge in [0.25, 0.3) is 0 Å². The lowest BCUT2D eigenvalue weighted by atomic mass is 10.1. The summed E-state index contributed by atoms with van der Waals surface area (Å²) in [5, 5.41) is 5.07. The van der Waals surface area contributed by atoms with Gasteiger partial charge in [-0.1, -0.05) is 97.8 Å². The topological polar surface area (TPSA) is 13.1 Å². The lowest BCUT2D eigenvalue weighted by molar-refractivity contribution is 0.795. The molecule has 0 radical (unpaired) electrons. The van der Waals surface area contributed by atoms with E-state index >= 15 is 0 Å². The molecule has 0 aliphatic rings. The lowest BCUT2D eigenvalue weighted by Crippen LogP contribution is -2.10. The van der Waals surface area contributed by atoms with Crippen molar-refractivity contribution >= 4 is 60.7 Å². The molecule has 0 saturated heterocycles. The van der Waals surface area contributed by atoms with Crippen molar-refractivity contribution in [3.05, 3.63) is 174 Å². The summed E-state index contributed by atoms with van der Waals surface area (Å²) >= 11 is 0. The second kappa shape index (κ2) is 12.7. The van der Waals surface area contributed by atoms with E-state index in [1.807, 2.05) is 0 Å². The van der Waals surface area contributed by atoms with Gasteiger partial charge in [-0.2, -0.15) is 0 Å². The second-order valence-electron chi connectivity index (χ2n) is 13.9. The average molecular weight is 660 g/mol. The van der Waals surface area contributed by atoms with Crippen molar-refractivity contribution in [2.75, 3.05) is 4.90 Å². The fraction of sp³-hybridized carbons (Fsp3) is 0.125. The number of hydrogen-bond donors (Lipinski definition) is 0. The zero-order valence-electron chi connectivity index (χ0n) is 29.5. The molecule has 0 aliphatic carbocycles. The smallest absolute Gasteiger partial charge is 0.0641 e. The summed E-state index contributed by atoms with van der Waals surface area (Å²) < 4.78 is 4.90. The van der Waals surface area contributed by atoms with E-state index in [-0.39, 0.29) is 0 Å². The molecule has 0 saturated carbocycles. The molecule has 0 unspecified atom stereocenters. The molecule has 0 spiro atoms. The first-order valence-electron chi connectivity index (χ1n) is 18.2. The summed E-state index contributed by atoms with van der Waals surface area (Å²) in [4.78, 5) is 2.36. The molecule has 0 N–H and O–H groups in total. The van der Waals surface area contributed by atoms with E-state index in [9.17, 15) is 0 Å². The van der Waals surface area contributed by atoms with E-state index < -0.39 is 0 Å². The van der Waals surface area contributed by atoms with Crippen LogP contribution in [0.15, 0.2) is 158 Å². The highest BCUT2D eigenvalue weighted by Crippen LogP contribution is 2.42. The van der Waals surface area contributed by atoms with Crippen molar-refractivity contribution in [1.82, 2.24) is 9.13 Å². The number of rotatable bonds is 8. The highest BCUT2D eigenvalue weighted by Gasteiger charge is 2.21. The number of unbranched alkanes of at least 4 members (excludes halogenated alkanes) is 1. The van der Waals surface area contributed by atoms with Gasteiger partial charge in [0, 0.05) is 50.0 Å². The highest BCUT2D eigenvalue weighted by molar-refractivity contribution is 6.26. The van der Waals surface area contributed by atoms with Gasteiger partial charge in [0.1, 0.15) is 0 Å². The predicted octanol–water partition coefficient (Wildman–Crippen LogP) is 13.3. The van der Waals surface area contributed by atoms with Gasteiger partial charge in [-0.15, -0.1) is 0 Å². The van der Waals surface area contributed by atoms with Crippen LogP contribution in [0, 0.1) is 13.8 Å². The van der Waals surface area contributed by atoms with E-state index in [4.69, 9.17) is 0 Å². The molecule has 9 aromatic rings. The summed E-state index contributed by atoms with van der Waals surface area (Å²) in [6.45, 7) is 6.57. The van der Waals surface area contributed by atoms with Gasteiger partial charge >= 0.3 is 0 Å². The Bertz CT molecular complexity index is 2670. The number of para-hydroxylation sites is 2. The van der Waals surface area contributed by atoms with Gasteiger partial charge in [0.2, 0.25) is 0 Å². The number of anilines is 3. The molecule has 7 aromatic carbocycles. The first-order chi connectivity index (χ1) is 25.1. The minimum atomic E-state index is 1.12. The molecule has 2 aromatic heterocycles. The van der Waals surface area contributed by atoms with Crippen LogP contribution in [-0.2, 0) is 6.42 Å². The highest BCUT2D eigenvalue weighted by atomic mass is 15.1. The Hall–Kier alpha value is -6.06. The van der Waals surface area contributed by atoms with Gasteiger partial charge in [-0.25, -0.2) is 0 Å². The van der Waals surface area contributed by atoms with Crippen molar-refractivity contribution in [3.8, 4) is 11.4 Å². The number of hydrogen-bond acceptors (Lipinski definition) is 1. The Balaban J connectivity index is 1.23. The van der Waals surface area contributed by atoms with Crippen LogP contribution in [0.5, 0.6) is 0 Å². The van der Waals surface area contributed by atoms with Gasteiger partial charge in [0.05, 0.1) is 22.1 Å². The minimum absolute atomic E-state index is 1.12. The summed E-state index contributed by atoms with van der Waals surface area (Å²) in [5.41, 5.74) is 14.5. The molecular formula is C48H41N3. The standard InChI is InChI=1S/C48H41N3/c1-4-5-12-35-20-24-37(25-21-35)49(36-22-18-33(2)19-23-36)38-26-28-39(29-27-38)50-45-17-9-7-15-43(45)47-46(50)31-30-42-41-14-6-8-16-44(41)51(48(42)47)40-13-10-11-34(3)32-40/h6-11,13-32H,4-5,12H2,1-3H3. The summed E-state index contributed by atoms with van der Waals surface area (Å²) in [7, 11) is 0. The van der Waals surface area contributed by atoms with E-state index in [1.165, 1.54) is 78.8 Å². The third-order valence-electron chi connectivity index (χ3n) is 10.4. The summed E-state index contributed by atoms with van der Waals surface area (Å²) in [6.07, 6.45) is 3.54. The second-order valence-corrected chi connectivity index (χ2v) is 13.9. The van der Waals surface area contributed by atoms with Crippen molar-refractivity contribution in [3.63, 3.8) is 0 Å². The van der Waals surface area contributed by atoms with Crippen LogP contribution in [0.25, 0.3) is 55.0 Å². The molecule has 3 nitrogen and oxygen atoms in total. The number of aryl methyl sites for hydroxylation is 3. The first-order valence-corrected chi connectivity index (χ1v) is 18.2. The van der Waals surface area contributed by atoms with Crippen molar-refractivity contribution in [2.24, 2.45) is 0 Å². The molecule has 0 aliphatic heterocycles. The van der Waals surface area contributed by atoms with Gasteiger partial charge in [-0.3, -0.25) is 0 Å². The Morgan fingerprint density at radius 3 is 1.78 bits per heavy atom. The quantitative estimate of drug-likeness (QED) is 0.158. The molecule has 51 heavy (non-hydrogen) atoms. The molecule has 248 valence electrons. The van der Waals surface area contributed by atoms with E-state index in [1.54, 1.807) is 0 Å². The SMILES string of the molecule is CCCCc1ccc(N(c2ccc(C)cc2)c2ccc(-n3c4ccccc4c4c3ccc3c5ccccc5n(-c5cccc(C)c5)c34)cc2)cc1. The number of fused-ring (bicyclic) bond motifs is 7. The zero-order chi connectivity index (χ0) is 34.5. The molecule has 0 fully saturated rings. The zero-order valence-corrected chi connectivity index (χ0v) is 29.5. The molecular weight excluding hydrogens is 619 g/mol. The van der Waals surface area contributed by atoms with Crippen LogP contribution in [0.2, 0.25) is 0 Å². The minimum Gasteiger partial charge on any atom is -0.311 e. The average Bonchev–Trinajstić information content (AvgIpc) is 3.69. The summed E-state index contributed by atoms with van der Waals surface area (Å²) in [5.74, 6) is 0. The maximum Gasteiger partial charge on any atom is 0.0641 e. The van der Waals surface area contributed by atoms with Crippen LogP contribution in [-0.4, -0.2) is 9.13 Å². The number of aromatic nitrogens is 2. The maximum atomic E-state index is 2.47. The Labute approximate surface area is 299 Å². The number of nitrogens with zero attached hydrogens (tertiary/aromatic N) is 3. The van der Waals surface area contributed by atoms with Crippen molar-refractivity contribution in [1.29, 1.82) is 0 Å². The third kappa shape index (κ3) is 5.28. The monoisotopic (exact) mass is 659 g/mol. The molecule has 3 heteroatoms. The van der Waals surface area contributed by atoms with Crippen LogP contribution < -0.4 is 4.90 Å². The third-order valence-corrected chi connectivity index (χ3v) is 10.4. The molecule has 0 bridgehead atoms. The van der Waals surface area contributed by atoms with Crippen LogP contribution >= 0.6 is 0 Å². The van der Waals surface area contributed by atoms with Crippen molar-refractivity contribution in [2.45, 2.75) is 40.0 Å². The Kier molecular flexibility index (Phi) is 7.70. The predicted molar refractivity (Wildman–Crippen MR) is 218 cm³/mol. The molecule has 2 heterocycles. The number of benzene rings is 7.